The van der Waals surface area contributed by atoms with E-state index in [9.17, 15) is 4.79 Å². The van der Waals surface area contributed by atoms with Crippen LogP contribution in [0.5, 0.6) is 0 Å². The number of nitrogens with one attached hydrogen (secondary N) is 1. The number of carbonyl (C=O) groups is 1. The van der Waals surface area contributed by atoms with Crippen LogP contribution in [-0.4, -0.2) is 42.1 Å². The zero-order chi connectivity index (χ0) is 19.7. The molecule has 2 aromatic rings. The highest BCUT2D eigenvalue weighted by atomic mass is 35.5. The van der Waals surface area contributed by atoms with Gasteiger partial charge < -0.3 is 10.2 Å². The Morgan fingerprint density at radius 2 is 1.50 bits per heavy atom. The smallest absolute Gasteiger partial charge is 0.247 e. The van der Waals surface area contributed by atoms with E-state index in [1.807, 2.05) is 6.07 Å². The van der Waals surface area contributed by atoms with Gasteiger partial charge in [0.2, 0.25) is 5.91 Å². The van der Waals surface area contributed by atoms with Crippen LogP contribution in [-0.2, 0) is 4.79 Å². The van der Waals surface area contributed by atoms with Gasteiger partial charge in [-0.2, -0.15) is 0 Å². The second-order valence-electron chi connectivity index (χ2n) is 8.86. The van der Waals surface area contributed by atoms with Gasteiger partial charge in [-0.3, -0.25) is 9.69 Å². The first-order valence-electron chi connectivity index (χ1n) is 11.2. The van der Waals surface area contributed by atoms with E-state index in [0.29, 0.717) is 18.6 Å². The minimum atomic E-state index is -0.380. The third-order valence-corrected chi connectivity index (χ3v) is 7.46. The molecule has 3 fully saturated rings. The Bertz CT molecular complexity index is 836. The highest BCUT2D eigenvalue weighted by Gasteiger charge is 2.51. The normalized spacial score (nSPS) is 26.3. The Labute approximate surface area is 186 Å². The number of carbonyl (C=O) groups excluding carboxylic acids is 1. The van der Waals surface area contributed by atoms with Crippen molar-refractivity contribution >= 4 is 24.0 Å². The quantitative estimate of drug-likeness (QED) is 0.782. The Morgan fingerprint density at radius 1 is 0.867 bits per heavy atom. The minimum Gasteiger partial charge on any atom is -0.339 e. The Morgan fingerprint density at radius 3 is 2.20 bits per heavy atom. The van der Waals surface area contributed by atoms with Crippen molar-refractivity contribution in [2.75, 3.05) is 24.7 Å². The SMILES string of the molecule is Cl.O=C1NCN(c2ccccc2)C12CCN([C@@H]1CCCC[C@@H]1c1ccccc1)CC2. The van der Waals surface area contributed by atoms with E-state index in [2.05, 4.69) is 69.7 Å². The molecule has 0 aromatic heterocycles. The molecule has 4 nitrogen and oxygen atoms in total. The number of para-hydroxylation sites is 1. The molecular formula is C25H32ClN3O. The minimum absolute atomic E-state index is 0. The molecule has 1 saturated carbocycles. The van der Waals surface area contributed by atoms with E-state index in [1.54, 1.807) is 0 Å². The Hall–Kier alpha value is -2.04. The molecule has 30 heavy (non-hydrogen) atoms. The fourth-order valence-corrected chi connectivity index (χ4v) is 5.90. The van der Waals surface area contributed by atoms with Crippen LogP contribution in [0.1, 0.15) is 50.0 Å². The van der Waals surface area contributed by atoms with Crippen molar-refractivity contribution in [3.63, 3.8) is 0 Å². The molecule has 1 aliphatic carbocycles. The zero-order valence-electron chi connectivity index (χ0n) is 17.5. The summed E-state index contributed by atoms with van der Waals surface area (Å²) in [7, 11) is 0. The molecular weight excluding hydrogens is 394 g/mol. The lowest BCUT2D eigenvalue weighted by Gasteiger charge is -2.48. The molecule has 1 N–H and O–H groups in total. The zero-order valence-corrected chi connectivity index (χ0v) is 18.3. The second-order valence-corrected chi connectivity index (χ2v) is 8.86. The number of likely N-dealkylation sites (tertiary alicyclic amines) is 1. The molecule has 1 amide bonds. The number of hydrogen-bond donors (Lipinski definition) is 1. The van der Waals surface area contributed by atoms with Gasteiger partial charge in [0.1, 0.15) is 5.54 Å². The number of benzene rings is 2. The summed E-state index contributed by atoms with van der Waals surface area (Å²) in [5.74, 6) is 0.839. The van der Waals surface area contributed by atoms with E-state index in [0.717, 1.165) is 31.6 Å². The predicted molar refractivity (Wildman–Crippen MR) is 124 cm³/mol. The number of halogens is 1. The summed E-state index contributed by atoms with van der Waals surface area (Å²) in [4.78, 5) is 17.9. The number of anilines is 1. The summed E-state index contributed by atoms with van der Waals surface area (Å²) >= 11 is 0. The molecule has 5 rings (SSSR count). The third kappa shape index (κ3) is 3.72. The molecule has 2 atom stereocenters. The first-order chi connectivity index (χ1) is 14.3. The molecule has 0 bridgehead atoms. The maximum atomic E-state index is 12.9. The molecule has 5 heteroatoms. The monoisotopic (exact) mass is 425 g/mol. The third-order valence-electron chi connectivity index (χ3n) is 7.46. The van der Waals surface area contributed by atoms with Crippen LogP contribution in [0.3, 0.4) is 0 Å². The van der Waals surface area contributed by atoms with Crippen molar-refractivity contribution in [1.29, 1.82) is 0 Å². The first kappa shape index (κ1) is 21.2. The molecule has 160 valence electrons. The molecule has 0 unspecified atom stereocenters. The average Bonchev–Trinajstić information content (AvgIpc) is 3.11. The summed E-state index contributed by atoms with van der Waals surface area (Å²) < 4.78 is 0. The maximum absolute atomic E-state index is 12.9. The largest absolute Gasteiger partial charge is 0.339 e. The topological polar surface area (TPSA) is 35.6 Å². The predicted octanol–water partition coefficient (Wildman–Crippen LogP) is 4.56. The highest BCUT2D eigenvalue weighted by molar-refractivity contribution is 5.93. The molecule has 3 aliphatic rings. The van der Waals surface area contributed by atoms with Crippen molar-refractivity contribution in [3.8, 4) is 0 Å². The van der Waals surface area contributed by atoms with Crippen molar-refractivity contribution in [1.82, 2.24) is 10.2 Å². The summed E-state index contributed by atoms with van der Waals surface area (Å²) in [6.07, 6.45) is 7.04. The van der Waals surface area contributed by atoms with Crippen LogP contribution in [0.15, 0.2) is 60.7 Å². The molecule has 1 spiro atoms. The van der Waals surface area contributed by atoms with Gasteiger partial charge in [-0.25, -0.2) is 0 Å². The standard InChI is InChI=1S/C25H31N3O.ClH/c29-24-25(28(19-26-24)21-11-5-2-6-12-21)15-17-27(18-16-25)23-14-8-7-13-22(23)20-9-3-1-4-10-20;/h1-6,9-12,22-23H,7-8,13-19H2,(H,26,29);1H/t22-,23-;/m1./s1. The lowest BCUT2D eigenvalue weighted by Crippen LogP contribution is -2.58. The number of piperidine rings is 1. The molecule has 2 saturated heterocycles. The van der Waals surface area contributed by atoms with E-state index in [4.69, 9.17) is 0 Å². The van der Waals surface area contributed by atoms with Crippen molar-refractivity contribution in [3.05, 3.63) is 66.2 Å². The van der Waals surface area contributed by atoms with Crippen LogP contribution in [0, 0.1) is 0 Å². The van der Waals surface area contributed by atoms with Crippen LogP contribution < -0.4 is 10.2 Å². The molecule has 2 heterocycles. The van der Waals surface area contributed by atoms with Crippen LogP contribution in [0.4, 0.5) is 5.69 Å². The van der Waals surface area contributed by atoms with E-state index in [1.165, 1.54) is 31.2 Å². The van der Waals surface area contributed by atoms with Crippen molar-refractivity contribution < 1.29 is 4.79 Å². The van der Waals surface area contributed by atoms with Gasteiger partial charge in [0, 0.05) is 24.8 Å². The number of rotatable bonds is 3. The van der Waals surface area contributed by atoms with E-state index in [-0.39, 0.29) is 23.9 Å². The van der Waals surface area contributed by atoms with E-state index < -0.39 is 0 Å². The van der Waals surface area contributed by atoms with Gasteiger partial charge in [-0.05, 0) is 49.3 Å². The molecule has 2 aliphatic heterocycles. The highest BCUT2D eigenvalue weighted by Crippen LogP contribution is 2.41. The van der Waals surface area contributed by atoms with Gasteiger partial charge >= 0.3 is 0 Å². The summed E-state index contributed by atoms with van der Waals surface area (Å²) in [6.45, 7) is 2.63. The van der Waals surface area contributed by atoms with Crippen LogP contribution in [0.25, 0.3) is 0 Å². The fraction of sp³-hybridized carbons (Fsp3) is 0.480. The van der Waals surface area contributed by atoms with Gasteiger partial charge in [-0.15, -0.1) is 12.4 Å². The Balaban J connectivity index is 0.00000218. The first-order valence-corrected chi connectivity index (χ1v) is 11.2. The van der Waals surface area contributed by atoms with Gasteiger partial charge in [0.25, 0.3) is 0 Å². The van der Waals surface area contributed by atoms with Crippen molar-refractivity contribution in [2.45, 2.75) is 56.0 Å². The van der Waals surface area contributed by atoms with Gasteiger partial charge in [0.05, 0.1) is 6.67 Å². The van der Waals surface area contributed by atoms with Crippen LogP contribution in [0.2, 0.25) is 0 Å². The number of nitrogens with zero attached hydrogens (tertiary/aromatic N) is 2. The molecule has 0 radical (unpaired) electrons. The second kappa shape index (κ2) is 8.99. The Kier molecular flexibility index (Phi) is 6.35. The summed E-state index contributed by atoms with van der Waals surface area (Å²) in [5, 5.41) is 3.13. The number of amides is 1. The lowest BCUT2D eigenvalue weighted by atomic mass is 9.77. The van der Waals surface area contributed by atoms with Gasteiger partial charge in [-0.1, -0.05) is 61.4 Å². The average molecular weight is 426 g/mol. The van der Waals surface area contributed by atoms with E-state index >= 15 is 0 Å². The summed E-state index contributed by atoms with van der Waals surface area (Å²) in [5.41, 5.74) is 2.26. The fourth-order valence-electron chi connectivity index (χ4n) is 5.90. The molecule has 2 aromatic carbocycles. The van der Waals surface area contributed by atoms with Crippen molar-refractivity contribution in [2.24, 2.45) is 0 Å². The summed E-state index contributed by atoms with van der Waals surface area (Å²) in [6, 6.07) is 22.1. The lowest BCUT2D eigenvalue weighted by molar-refractivity contribution is -0.125. The van der Waals surface area contributed by atoms with Gasteiger partial charge in [0.15, 0.2) is 0 Å². The van der Waals surface area contributed by atoms with Crippen LogP contribution >= 0.6 is 12.4 Å². The number of hydrogen-bond acceptors (Lipinski definition) is 3. The maximum Gasteiger partial charge on any atom is 0.247 e.